The number of nitrogens with one attached hydrogen (secondary N) is 2. The molecular formula is C14H13N3O2S. The molecular weight excluding hydrogens is 274 g/mol. The lowest BCUT2D eigenvalue weighted by Crippen LogP contribution is -2.22. The van der Waals surface area contributed by atoms with Crippen molar-refractivity contribution in [2.45, 2.75) is 32.1 Å². The Morgan fingerprint density at radius 3 is 2.85 bits per heavy atom. The molecule has 1 aliphatic rings. The number of H-pyrrole nitrogens is 2. The average molecular weight is 287 g/mol. The summed E-state index contributed by atoms with van der Waals surface area (Å²) in [6.07, 6.45) is 7.23. The molecule has 3 aromatic rings. The molecule has 0 aromatic carbocycles. The number of rotatable bonds is 0. The molecule has 0 spiro atoms. The number of pyridine rings is 1. The van der Waals surface area contributed by atoms with E-state index in [1.165, 1.54) is 23.3 Å². The fourth-order valence-corrected chi connectivity index (χ4v) is 4.26. The molecule has 0 bridgehead atoms. The quantitative estimate of drug-likeness (QED) is 0.621. The highest BCUT2D eigenvalue weighted by Crippen LogP contribution is 2.36. The van der Waals surface area contributed by atoms with Gasteiger partial charge in [0.25, 0.3) is 5.56 Å². The lowest BCUT2D eigenvalue weighted by molar-refractivity contribution is 0.713. The Balaban J connectivity index is 2.21. The summed E-state index contributed by atoms with van der Waals surface area (Å²) in [6.45, 7) is 0. The van der Waals surface area contributed by atoms with Crippen molar-refractivity contribution < 1.29 is 0 Å². The molecule has 0 atom stereocenters. The molecule has 3 aromatic heterocycles. The van der Waals surface area contributed by atoms with E-state index < -0.39 is 5.69 Å². The summed E-state index contributed by atoms with van der Waals surface area (Å²) in [5, 5.41) is 1.44. The Morgan fingerprint density at radius 1 is 1.10 bits per heavy atom. The van der Waals surface area contributed by atoms with Gasteiger partial charge in [0.05, 0.1) is 10.9 Å². The predicted molar refractivity (Wildman–Crippen MR) is 79.6 cm³/mol. The maximum Gasteiger partial charge on any atom is 0.326 e. The number of aryl methyl sites for hydroxylation is 2. The van der Waals surface area contributed by atoms with Crippen LogP contribution in [0.4, 0.5) is 0 Å². The van der Waals surface area contributed by atoms with Gasteiger partial charge in [-0.15, -0.1) is 11.3 Å². The predicted octanol–water partition coefficient (Wildman–Crippen LogP) is 2.09. The summed E-state index contributed by atoms with van der Waals surface area (Å²) in [7, 11) is 0. The van der Waals surface area contributed by atoms with Crippen LogP contribution in [0.25, 0.3) is 21.1 Å². The van der Waals surface area contributed by atoms with E-state index in [0.29, 0.717) is 10.9 Å². The Hall–Kier alpha value is -1.95. The van der Waals surface area contributed by atoms with Crippen molar-refractivity contribution in [2.24, 2.45) is 0 Å². The molecule has 0 aliphatic heterocycles. The zero-order chi connectivity index (χ0) is 13.7. The van der Waals surface area contributed by atoms with E-state index in [0.717, 1.165) is 29.5 Å². The monoisotopic (exact) mass is 287 g/mol. The minimum atomic E-state index is -0.455. The van der Waals surface area contributed by atoms with Crippen molar-refractivity contribution in [3.63, 3.8) is 0 Å². The summed E-state index contributed by atoms with van der Waals surface area (Å²) in [5.41, 5.74) is 1.10. The Kier molecular flexibility index (Phi) is 2.53. The van der Waals surface area contributed by atoms with Gasteiger partial charge >= 0.3 is 5.69 Å². The molecule has 3 heterocycles. The highest BCUT2D eigenvalue weighted by Gasteiger charge is 2.18. The first-order valence-electron chi connectivity index (χ1n) is 6.79. The third kappa shape index (κ3) is 1.64. The Morgan fingerprint density at radius 2 is 1.95 bits per heavy atom. The van der Waals surface area contributed by atoms with Crippen LogP contribution in [-0.2, 0) is 12.8 Å². The SMILES string of the molecule is O=c1[nH]c(=O)c2cnc3sc4c(c3c2[nH]1)CCCCC4. The van der Waals surface area contributed by atoms with Gasteiger partial charge in [0.2, 0.25) is 0 Å². The van der Waals surface area contributed by atoms with Gasteiger partial charge in [-0.05, 0) is 31.2 Å². The van der Waals surface area contributed by atoms with Crippen molar-refractivity contribution in [3.05, 3.63) is 37.5 Å². The maximum absolute atomic E-state index is 11.9. The zero-order valence-electron chi connectivity index (χ0n) is 10.8. The van der Waals surface area contributed by atoms with E-state index in [4.69, 9.17) is 0 Å². The van der Waals surface area contributed by atoms with Gasteiger partial charge in [0, 0.05) is 16.5 Å². The number of aromatic amines is 2. The molecule has 0 amide bonds. The van der Waals surface area contributed by atoms with E-state index >= 15 is 0 Å². The molecule has 0 unspecified atom stereocenters. The fourth-order valence-electron chi connectivity index (χ4n) is 3.02. The van der Waals surface area contributed by atoms with Crippen LogP contribution in [0.1, 0.15) is 29.7 Å². The Labute approximate surface area is 117 Å². The fraction of sp³-hybridized carbons (Fsp3) is 0.357. The van der Waals surface area contributed by atoms with Crippen LogP contribution in [0, 0.1) is 0 Å². The zero-order valence-corrected chi connectivity index (χ0v) is 11.6. The highest BCUT2D eigenvalue weighted by atomic mass is 32.1. The second kappa shape index (κ2) is 4.28. The summed E-state index contributed by atoms with van der Waals surface area (Å²) in [4.78, 5) is 35.2. The van der Waals surface area contributed by atoms with E-state index in [-0.39, 0.29) is 5.56 Å². The first-order chi connectivity index (χ1) is 9.74. The molecule has 2 N–H and O–H groups in total. The van der Waals surface area contributed by atoms with Crippen LogP contribution < -0.4 is 11.2 Å². The van der Waals surface area contributed by atoms with Crippen LogP contribution in [0.3, 0.4) is 0 Å². The summed E-state index contributed by atoms with van der Waals surface area (Å²) in [5.74, 6) is 0. The topological polar surface area (TPSA) is 78.6 Å². The minimum Gasteiger partial charge on any atom is -0.306 e. The second-order valence-corrected chi connectivity index (χ2v) is 6.28. The molecule has 5 nitrogen and oxygen atoms in total. The summed E-state index contributed by atoms with van der Waals surface area (Å²) in [6, 6.07) is 0. The van der Waals surface area contributed by atoms with Crippen molar-refractivity contribution in [2.75, 3.05) is 0 Å². The lowest BCUT2D eigenvalue weighted by atomic mass is 10.1. The van der Waals surface area contributed by atoms with Gasteiger partial charge in [0.15, 0.2) is 0 Å². The normalized spacial score (nSPS) is 15.4. The first kappa shape index (κ1) is 11.8. The number of aromatic nitrogens is 3. The first-order valence-corrected chi connectivity index (χ1v) is 7.61. The van der Waals surface area contributed by atoms with Crippen molar-refractivity contribution in [1.29, 1.82) is 0 Å². The number of fused-ring (bicyclic) bond motifs is 5. The lowest BCUT2D eigenvalue weighted by Gasteiger charge is -2.02. The smallest absolute Gasteiger partial charge is 0.306 e. The molecule has 1 aliphatic carbocycles. The van der Waals surface area contributed by atoms with Gasteiger partial charge in [-0.2, -0.15) is 0 Å². The summed E-state index contributed by atoms with van der Waals surface area (Å²) >= 11 is 1.69. The third-order valence-electron chi connectivity index (χ3n) is 3.94. The molecule has 4 rings (SSSR count). The van der Waals surface area contributed by atoms with Crippen LogP contribution >= 0.6 is 11.3 Å². The largest absolute Gasteiger partial charge is 0.326 e. The number of hydrogen-bond donors (Lipinski definition) is 2. The third-order valence-corrected chi connectivity index (χ3v) is 5.14. The standard InChI is InChI=1S/C14H13N3O2S/c18-12-8-6-15-13-10(11(8)16-14(19)17-12)7-4-2-1-3-5-9(7)20-13/h6H,1-5H2,(H2,16,17,18,19). The number of nitrogens with zero attached hydrogens (tertiary/aromatic N) is 1. The molecule has 0 fully saturated rings. The van der Waals surface area contributed by atoms with Crippen LogP contribution in [0.2, 0.25) is 0 Å². The minimum absolute atomic E-state index is 0.369. The molecule has 102 valence electrons. The molecule has 0 saturated heterocycles. The van der Waals surface area contributed by atoms with E-state index in [9.17, 15) is 9.59 Å². The molecule has 6 heteroatoms. The summed E-state index contributed by atoms with van der Waals surface area (Å²) < 4.78 is 0. The van der Waals surface area contributed by atoms with Gasteiger partial charge in [0.1, 0.15) is 4.83 Å². The van der Waals surface area contributed by atoms with Gasteiger partial charge < -0.3 is 4.98 Å². The Bertz CT molecular complexity index is 935. The van der Waals surface area contributed by atoms with Gasteiger partial charge in [-0.3, -0.25) is 9.78 Å². The molecule has 0 saturated carbocycles. The van der Waals surface area contributed by atoms with Crippen LogP contribution in [-0.4, -0.2) is 15.0 Å². The van der Waals surface area contributed by atoms with Crippen molar-refractivity contribution in [1.82, 2.24) is 15.0 Å². The number of thiophene rings is 1. The van der Waals surface area contributed by atoms with Gasteiger partial charge in [-0.25, -0.2) is 9.78 Å². The van der Waals surface area contributed by atoms with Crippen LogP contribution in [0.15, 0.2) is 15.8 Å². The molecule has 20 heavy (non-hydrogen) atoms. The van der Waals surface area contributed by atoms with Crippen LogP contribution in [0.5, 0.6) is 0 Å². The van der Waals surface area contributed by atoms with E-state index in [2.05, 4.69) is 15.0 Å². The van der Waals surface area contributed by atoms with E-state index in [1.54, 1.807) is 17.5 Å². The van der Waals surface area contributed by atoms with Crippen molar-refractivity contribution in [3.8, 4) is 0 Å². The van der Waals surface area contributed by atoms with Gasteiger partial charge in [-0.1, -0.05) is 6.42 Å². The highest BCUT2D eigenvalue weighted by molar-refractivity contribution is 7.19. The maximum atomic E-state index is 11.9. The average Bonchev–Trinajstić information content (AvgIpc) is 2.61. The molecule has 0 radical (unpaired) electrons. The van der Waals surface area contributed by atoms with E-state index in [1.807, 2.05) is 0 Å². The number of hydrogen-bond acceptors (Lipinski definition) is 4. The second-order valence-electron chi connectivity index (χ2n) is 5.20. The van der Waals surface area contributed by atoms with Crippen molar-refractivity contribution >= 4 is 32.5 Å².